The molecule has 1 N–H and O–H groups in total. The Bertz CT molecular complexity index is 797. The van der Waals surface area contributed by atoms with Crippen molar-refractivity contribution in [1.82, 2.24) is 4.98 Å². The summed E-state index contributed by atoms with van der Waals surface area (Å²) in [6.45, 7) is 2.57. The van der Waals surface area contributed by atoms with Gasteiger partial charge in [-0.1, -0.05) is 11.8 Å². The van der Waals surface area contributed by atoms with Crippen LogP contribution in [0.15, 0.2) is 41.6 Å². The smallest absolute Gasteiger partial charge is 0.417 e. The summed E-state index contributed by atoms with van der Waals surface area (Å²) in [5.41, 5.74) is -0.276. The monoisotopic (exact) mass is 384 g/mol. The zero-order valence-electron chi connectivity index (χ0n) is 13.7. The SMILES string of the molecule is CC(Sc1ccc(C(F)(F)F)cn1)C(=O)Nc1ccc2c(c1)OCCO2. The summed E-state index contributed by atoms with van der Waals surface area (Å²) in [6.07, 6.45) is -3.68. The summed E-state index contributed by atoms with van der Waals surface area (Å²) in [5, 5.41) is 2.53. The van der Waals surface area contributed by atoms with Gasteiger partial charge in [-0.15, -0.1) is 0 Å². The highest BCUT2D eigenvalue weighted by molar-refractivity contribution is 8.00. The number of hydrogen-bond acceptors (Lipinski definition) is 5. The van der Waals surface area contributed by atoms with Gasteiger partial charge in [-0.3, -0.25) is 4.79 Å². The number of fused-ring (bicyclic) bond motifs is 1. The van der Waals surface area contributed by atoms with Gasteiger partial charge in [0.2, 0.25) is 5.91 Å². The molecule has 0 bridgehead atoms. The van der Waals surface area contributed by atoms with Gasteiger partial charge in [0, 0.05) is 18.0 Å². The van der Waals surface area contributed by atoms with Crippen LogP contribution in [0.1, 0.15) is 12.5 Å². The average Bonchev–Trinajstić information content (AvgIpc) is 2.61. The number of aromatic nitrogens is 1. The number of carbonyl (C=O) groups excluding carboxylic acids is 1. The Morgan fingerprint density at radius 3 is 2.58 bits per heavy atom. The van der Waals surface area contributed by atoms with Gasteiger partial charge >= 0.3 is 6.18 Å². The predicted molar refractivity (Wildman–Crippen MR) is 90.6 cm³/mol. The van der Waals surface area contributed by atoms with E-state index in [0.717, 1.165) is 24.0 Å². The van der Waals surface area contributed by atoms with Crippen molar-refractivity contribution in [1.29, 1.82) is 0 Å². The topological polar surface area (TPSA) is 60.5 Å². The number of amides is 1. The second kappa shape index (κ2) is 7.45. The van der Waals surface area contributed by atoms with E-state index >= 15 is 0 Å². The molecule has 9 heteroatoms. The van der Waals surface area contributed by atoms with Gasteiger partial charge in [0.15, 0.2) is 11.5 Å². The average molecular weight is 384 g/mol. The van der Waals surface area contributed by atoms with Gasteiger partial charge in [-0.25, -0.2) is 4.98 Å². The van der Waals surface area contributed by atoms with Crippen LogP contribution in [0.3, 0.4) is 0 Å². The minimum atomic E-state index is -4.43. The Morgan fingerprint density at radius 2 is 1.92 bits per heavy atom. The Kier molecular flexibility index (Phi) is 5.26. The molecule has 0 spiro atoms. The molecule has 3 rings (SSSR count). The third kappa shape index (κ3) is 4.40. The fraction of sp³-hybridized carbons (Fsp3) is 0.294. The summed E-state index contributed by atoms with van der Waals surface area (Å²) < 4.78 is 48.5. The maximum atomic E-state index is 12.5. The summed E-state index contributed by atoms with van der Waals surface area (Å²) in [4.78, 5) is 16.1. The third-order valence-corrected chi connectivity index (χ3v) is 4.59. The second-order valence-electron chi connectivity index (χ2n) is 5.49. The molecule has 26 heavy (non-hydrogen) atoms. The predicted octanol–water partition coefficient (Wildman–Crippen LogP) is 3.99. The molecule has 1 unspecified atom stereocenters. The van der Waals surface area contributed by atoms with Crippen molar-refractivity contribution in [2.45, 2.75) is 23.4 Å². The van der Waals surface area contributed by atoms with Gasteiger partial charge < -0.3 is 14.8 Å². The quantitative estimate of drug-likeness (QED) is 0.808. The number of benzene rings is 1. The number of hydrogen-bond donors (Lipinski definition) is 1. The molecule has 1 aliphatic heterocycles. The molecule has 138 valence electrons. The summed E-state index contributed by atoms with van der Waals surface area (Å²) in [5.74, 6) is 0.873. The van der Waals surface area contributed by atoms with E-state index in [2.05, 4.69) is 10.3 Å². The first kappa shape index (κ1) is 18.4. The van der Waals surface area contributed by atoms with E-state index in [-0.39, 0.29) is 5.91 Å². The minimum Gasteiger partial charge on any atom is -0.486 e. The van der Waals surface area contributed by atoms with Crippen LogP contribution in [0.25, 0.3) is 0 Å². The van der Waals surface area contributed by atoms with Crippen molar-refractivity contribution in [3.05, 3.63) is 42.1 Å². The van der Waals surface area contributed by atoms with Crippen molar-refractivity contribution in [3.8, 4) is 11.5 Å². The van der Waals surface area contributed by atoms with E-state index in [1.807, 2.05) is 0 Å². The molecule has 1 amide bonds. The Hall–Kier alpha value is -2.42. The molecule has 1 aromatic heterocycles. The Balaban J connectivity index is 1.61. The van der Waals surface area contributed by atoms with Gasteiger partial charge in [0.05, 0.1) is 15.8 Å². The molecule has 0 saturated heterocycles. The molecule has 2 aromatic rings. The van der Waals surface area contributed by atoms with Crippen LogP contribution in [0.2, 0.25) is 0 Å². The van der Waals surface area contributed by atoms with E-state index in [9.17, 15) is 18.0 Å². The van der Waals surface area contributed by atoms with Crippen LogP contribution < -0.4 is 14.8 Å². The van der Waals surface area contributed by atoms with Crippen LogP contribution in [-0.4, -0.2) is 29.4 Å². The van der Waals surface area contributed by atoms with E-state index in [4.69, 9.17) is 9.47 Å². The van der Waals surface area contributed by atoms with Crippen LogP contribution in [0.4, 0.5) is 18.9 Å². The zero-order chi connectivity index (χ0) is 18.7. The lowest BCUT2D eigenvalue weighted by atomic mass is 10.2. The number of ether oxygens (including phenoxy) is 2. The molecule has 5 nitrogen and oxygen atoms in total. The van der Waals surface area contributed by atoms with Gasteiger partial charge in [-0.05, 0) is 31.2 Å². The number of rotatable bonds is 4. The molecule has 0 fully saturated rings. The third-order valence-electron chi connectivity index (χ3n) is 3.54. The number of thioether (sulfide) groups is 1. The van der Waals surface area contributed by atoms with E-state index in [0.29, 0.717) is 35.4 Å². The molecular weight excluding hydrogens is 369 g/mol. The van der Waals surface area contributed by atoms with Gasteiger partial charge in [0.1, 0.15) is 13.2 Å². The normalized spacial score (nSPS) is 14.6. The summed E-state index contributed by atoms with van der Waals surface area (Å²) >= 11 is 1.07. The van der Waals surface area contributed by atoms with Gasteiger partial charge in [-0.2, -0.15) is 13.2 Å². The number of nitrogens with zero attached hydrogens (tertiary/aromatic N) is 1. The Labute approximate surface area is 151 Å². The van der Waals surface area contributed by atoms with Crippen LogP contribution in [0, 0.1) is 0 Å². The number of alkyl halides is 3. The highest BCUT2D eigenvalue weighted by Gasteiger charge is 2.30. The maximum absolute atomic E-state index is 12.5. The fourth-order valence-electron chi connectivity index (χ4n) is 2.22. The van der Waals surface area contributed by atoms with Crippen molar-refractivity contribution >= 4 is 23.4 Å². The number of pyridine rings is 1. The van der Waals surface area contributed by atoms with Crippen molar-refractivity contribution in [3.63, 3.8) is 0 Å². The lowest BCUT2D eigenvalue weighted by Gasteiger charge is -2.19. The summed E-state index contributed by atoms with van der Waals surface area (Å²) in [7, 11) is 0. The van der Waals surface area contributed by atoms with Crippen LogP contribution in [-0.2, 0) is 11.0 Å². The fourth-order valence-corrected chi connectivity index (χ4v) is 3.01. The summed E-state index contributed by atoms with van der Waals surface area (Å²) in [6, 6.07) is 7.26. The number of nitrogens with one attached hydrogen (secondary N) is 1. The number of carbonyl (C=O) groups is 1. The van der Waals surface area contributed by atoms with Crippen molar-refractivity contribution < 1.29 is 27.4 Å². The standard InChI is InChI=1S/C17H15F3N2O3S/c1-10(26-15-5-2-11(9-21-15)17(18,19)20)16(23)22-12-3-4-13-14(8-12)25-7-6-24-13/h2-5,8-10H,6-7H2,1H3,(H,22,23). The van der Waals surface area contributed by atoms with Crippen molar-refractivity contribution in [2.24, 2.45) is 0 Å². The van der Waals surface area contributed by atoms with Crippen LogP contribution in [0.5, 0.6) is 11.5 Å². The first-order valence-electron chi connectivity index (χ1n) is 7.73. The van der Waals surface area contributed by atoms with E-state index in [1.165, 1.54) is 6.07 Å². The highest BCUT2D eigenvalue weighted by Crippen LogP contribution is 2.33. The molecule has 0 radical (unpaired) electrons. The van der Waals surface area contributed by atoms with Gasteiger partial charge in [0.25, 0.3) is 0 Å². The zero-order valence-corrected chi connectivity index (χ0v) is 14.5. The van der Waals surface area contributed by atoms with E-state index in [1.54, 1.807) is 25.1 Å². The maximum Gasteiger partial charge on any atom is 0.417 e. The number of anilines is 1. The van der Waals surface area contributed by atoms with E-state index < -0.39 is 17.0 Å². The molecule has 1 aromatic carbocycles. The molecule has 0 saturated carbocycles. The second-order valence-corrected chi connectivity index (χ2v) is 6.85. The first-order chi connectivity index (χ1) is 12.3. The molecular formula is C17H15F3N2O3S. The molecule has 0 aliphatic carbocycles. The lowest BCUT2D eigenvalue weighted by molar-refractivity contribution is -0.137. The van der Waals surface area contributed by atoms with Crippen molar-refractivity contribution in [2.75, 3.05) is 18.5 Å². The number of halogens is 3. The molecule has 1 aliphatic rings. The first-order valence-corrected chi connectivity index (χ1v) is 8.61. The lowest BCUT2D eigenvalue weighted by Crippen LogP contribution is -2.23. The largest absolute Gasteiger partial charge is 0.486 e. The van der Waals surface area contributed by atoms with Crippen LogP contribution >= 0.6 is 11.8 Å². The minimum absolute atomic E-state index is 0.298. The highest BCUT2D eigenvalue weighted by atomic mass is 32.2. The Morgan fingerprint density at radius 1 is 1.19 bits per heavy atom. The molecule has 2 heterocycles. The molecule has 1 atom stereocenters.